The first kappa shape index (κ1) is 23.6. The standard InChI is InChI=1S/C21H26BrN3O5S/c1-14-11-25(15(2)13-26)31(28,29)20-8-7-16(22)10-18(20)30-19(14)12-24(3)21(27)17-6-4-5-9-23-17/h4-10,14-15,19,26H,11-13H2,1-3H3/t14-,15+,19-/m1/s1. The SMILES string of the molecule is C[C@@H]1CN([C@@H](C)CO)S(=O)(=O)c2ccc(Br)cc2O[C@@H]1CN(C)C(=O)c1ccccn1. The van der Waals surface area contributed by atoms with Crippen LogP contribution in [0.4, 0.5) is 0 Å². The Morgan fingerprint density at radius 2 is 2.13 bits per heavy atom. The largest absolute Gasteiger partial charge is 0.487 e. The zero-order valence-corrected chi connectivity index (χ0v) is 20.0. The van der Waals surface area contributed by atoms with Gasteiger partial charge in [-0.15, -0.1) is 0 Å². The van der Waals surface area contributed by atoms with Gasteiger partial charge in [-0.1, -0.05) is 28.9 Å². The number of aliphatic hydroxyl groups excluding tert-OH is 1. The number of aliphatic hydroxyl groups is 1. The summed E-state index contributed by atoms with van der Waals surface area (Å²) in [6, 6.07) is 9.26. The molecule has 2 heterocycles. The molecule has 2 aromatic rings. The fourth-order valence-corrected chi connectivity index (χ4v) is 5.62. The molecule has 31 heavy (non-hydrogen) atoms. The van der Waals surface area contributed by atoms with Gasteiger partial charge in [0.1, 0.15) is 22.4 Å². The molecule has 1 amide bonds. The average molecular weight is 512 g/mol. The first-order valence-corrected chi connectivity index (χ1v) is 12.1. The van der Waals surface area contributed by atoms with Crippen molar-refractivity contribution in [3.63, 3.8) is 0 Å². The third-order valence-corrected chi connectivity index (χ3v) is 7.83. The number of hydrogen-bond donors (Lipinski definition) is 1. The molecule has 0 aliphatic carbocycles. The summed E-state index contributed by atoms with van der Waals surface area (Å²) in [5, 5.41) is 9.67. The summed E-state index contributed by atoms with van der Waals surface area (Å²) >= 11 is 3.37. The number of aromatic nitrogens is 1. The molecular weight excluding hydrogens is 486 g/mol. The van der Waals surface area contributed by atoms with E-state index in [9.17, 15) is 18.3 Å². The maximum absolute atomic E-state index is 13.3. The fraction of sp³-hybridized carbons (Fsp3) is 0.429. The van der Waals surface area contributed by atoms with Crippen molar-refractivity contribution in [1.82, 2.24) is 14.2 Å². The van der Waals surface area contributed by atoms with Gasteiger partial charge in [0, 0.05) is 36.2 Å². The number of carbonyl (C=O) groups is 1. The number of nitrogens with zero attached hydrogens (tertiary/aromatic N) is 3. The molecule has 0 spiro atoms. The fourth-order valence-electron chi connectivity index (χ4n) is 3.45. The van der Waals surface area contributed by atoms with Crippen LogP contribution >= 0.6 is 15.9 Å². The summed E-state index contributed by atoms with van der Waals surface area (Å²) in [5.74, 6) is -0.296. The highest BCUT2D eigenvalue weighted by Gasteiger charge is 2.38. The smallest absolute Gasteiger partial charge is 0.272 e. The van der Waals surface area contributed by atoms with Crippen LogP contribution in [0.15, 0.2) is 52.0 Å². The Labute approximate surface area is 191 Å². The number of pyridine rings is 1. The Morgan fingerprint density at radius 3 is 2.77 bits per heavy atom. The van der Waals surface area contributed by atoms with Gasteiger partial charge >= 0.3 is 0 Å². The van der Waals surface area contributed by atoms with Gasteiger partial charge in [0.05, 0.1) is 13.2 Å². The van der Waals surface area contributed by atoms with Crippen LogP contribution in [0.25, 0.3) is 0 Å². The number of halogens is 1. The van der Waals surface area contributed by atoms with Gasteiger partial charge in [-0.05, 0) is 37.3 Å². The highest BCUT2D eigenvalue weighted by atomic mass is 79.9. The summed E-state index contributed by atoms with van der Waals surface area (Å²) in [7, 11) is -2.21. The van der Waals surface area contributed by atoms with Crippen LogP contribution in [0.5, 0.6) is 5.75 Å². The molecule has 1 aliphatic heterocycles. The van der Waals surface area contributed by atoms with Gasteiger partial charge in [0.25, 0.3) is 5.91 Å². The first-order valence-electron chi connectivity index (χ1n) is 9.90. The number of fused-ring (bicyclic) bond motifs is 1. The Morgan fingerprint density at radius 1 is 1.39 bits per heavy atom. The number of amides is 1. The van der Waals surface area contributed by atoms with Crippen LogP contribution in [0.2, 0.25) is 0 Å². The van der Waals surface area contributed by atoms with Gasteiger partial charge in [0.2, 0.25) is 10.0 Å². The minimum absolute atomic E-state index is 0.0339. The van der Waals surface area contributed by atoms with E-state index < -0.39 is 22.2 Å². The molecule has 0 radical (unpaired) electrons. The molecule has 10 heteroatoms. The van der Waals surface area contributed by atoms with Crippen LogP contribution in [-0.2, 0) is 10.0 Å². The maximum Gasteiger partial charge on any atom is 0.272 e. The molecular formula is C21H26BrN3O5S. The second kappa shape index (κ2) is 9.64. The van der Waals surface area contributed by atoms with Gasteiger partial charge < -0.3 is 14.7 Å². The highest BCUT2D eigenvalue weighted by molar-refractivity contribution is 9.10. The lowest BCUT2D eigenvalue weighted by molar-refractivity contribution is 0.0559. The number of sulfonamides is 1. The average Bonchev–Trinajstić information content (AvgIpc) is 2.75. The predicted molar refractivity (Wildman–Crippen MR) is 119 cm³/mol. The molecule has 1 aromatic heterocycles. The van der Waals surface area contributed by atoms with E-state index in [1.807, 2.05) is 6.92 Å². The van der Waals surface area contributed by atoms with Crippen molar-refractivity contribution in [3.8, 4) is 5.75 Å². The Kier molecular flexibility index (Phi) is 7.35. The van der Waals surface area contributed by atoms with Crippen molar-refractivity contribution in [2.24, 2.45) is 5.92 Å². The molecule has 8 nitrogen and oxygen atoms in total. The Bertz CT molecular complexity index is 1030. The van der Waals surface area contributed by atoms with E-state index >= 15 is 0 Å². The van der Waals surface area contributed by atoms with Crippen molar-refractivity contribution >= 4 is 31.9 Å². The molecule has 168 valence electrons. The van der Waals surface area contributed by atoms with Gasteiger partial charge in [-0.2, -0.15) is 4.31 Å². The van der Waals surface area contributed by atoms with Crippen LogP contribution in [0.3, 0.4) is 0 Å². The molecule has 1 N–H and O–H groups in total. The number of ether oxygens (including phenoxy) is 1. The molecule has 0 saturated carbocycles. The number of rotatable bonds is 5. The third kappa shape index (κ3) is 5.08. The monoisotopic (exact) mass is 511 g/mol. The molecule has 3 rings (SSSR count). The molecule has 0 fully saturated rings. The van der Waals surface area contributed by atoms with Crippen LogP contribution in [0, 0.1) is 5.92 Å². The minimum Gasteiger partial charge on any atom is -0.487 e. The van der Waals surface area contributed by atoms with Crippen molar-refractivity contribution in [1.29, 1.82) is 0 Å². The lowest BCUT2D eigenvalue weighted by Crippen LogP contribution is -2.50. The van der Waals surface area contributed by atoms with E-state index in [4.69, 9.17) is 4.74 Å². The van der Waals surface area contributed by atoms with E-state index in [-0.39, 0.29) is 42.2 Å². The van der Waals surface area contributed by atoms with Crippen molar-refractivity contribution in [2.75, 3.05) is 26.7 Å². The van der Waals surface area contributed by atoms with E-state index in [2.05, 4.69) is 20.9 Å². The van der Waals surface area contributed by atoms with E-state index in [1.54, 1.807) is 50.5 Å². The summed E-state index contributed by atoms with van der Waals surface area (Å²) in [4.78, 5) is 18.4. The molecule has 0 saturated heterocycles. The quantitative estimate of drug-likeness (QED) is 0.661. The number of carbonyl (C=O) groups excluding carboxylic acids is 1. The predicted octanol–water partition coefficient (Wildman–Crippen LogP) is 2.38. The zero-order valence-electron chi connectivity index (χ0n) is 17.6. The molecule has 3 atom stereocenters. The van der Waals surface area contributed by atoms with Gasteiger partial charge in [-0.3, -0.25) is 9.78 Å². The van der Waals surface area contributed by atoms with Gasteiger partial charge in [-0.25, -0.2) is 8.42 Å². The molecule has 1 aliphatic rings. The highest BCUT2D eigenvalue weighted by Crippen LogP contribution is 2.35. The number of benzene rings is 1. The summed E-state index contributed by atoms with van der Waals surface area (Å²) in [6.07, 6.45) is 1.08. The summed E-state index contributed by atoms with van der Waals surface area (Å²) in [5.41, 5.74) is 0.324. The Balaban J connectivity index is 1.96. The number of hydrogen-bond acceptors (Lipinski definition) is 6. The number of likely N-dealkylation sites (N-methyl/N-ethyl adjacent to an activating group) is 1. The third-order valence-electron chi connectivity index (χ3n) is 5.31. The first-order chi connectivity index (χ1) is 14.6. The topological polar surface area (TPSA) is 100 Å². The molecule has 1 aromatic carbocycles. The maximum atomic E-state index is 13.3. The second-order valence-electron chi connectivity index (χ2n) is 7.73. The van der Waals surface area contributed by atoms with Crippen LogP contribution in [-0.4, -0.2) is 72.5 Å². The molecule has 0 bridgehead atoms. The van der Waals surface area contributed by atoms with E-state index in [0.717, 1.165) is 0 Å². The van der Waals surface area contributed by atoms with Crippen molar-refractivity contribution in [2.45, 2.75) is 30.9 Å². The lowest BCUT2D eigenvalue weighted by atomic mass is 10.0. The van der Waals surface area contributed by atoms with Crippen LogP contribution < -0.4 is 4.74 Å². The summed E-state index contributed by atoms with van der Waals surface area (Å²) < 4.78 is 34.8. The van der Waals surface area contributed by atoms with Crippen LogP contribution in [0.1, 0.15) is 24.3 Å². The Hall–Kier alpha value is -2.01. The summed E-state index contributed by atoms with van der Waals surface area (Å²) in [6.45, 7) is 3.62. The van der Waals surface area contributed by atoms with Gasteiger partial charge in [0.15, 0.2) is 0 Å². The minimum atomic E-state index is -3.88. The van der Waals surface area contributed by atoms with Crippen molar-refractivity contribution in [3.05, 3.63) is 52.8 Å². The van der Waals surface area contributed by atoms with E-state index in [1.165, 1.54) is 15.3 Å². The molecule has 0 unspecified atom stereocenters. The lowest BCUT2D eigenvalue weighted by Gasteiger charge is -2.37. The van der Waals surface area contributed by atoms with Crippen molar-refractivity contribution < 1.29 is 23.1 Å². The second-order valence-corrected chi connectivity index (χ2v) is 10.5. The zero-order chi connectivity index (χ0) is 22.8. The normalized spacial score (nSPS) is 21.8. The van der Waals surface area contributed by atoms with E-state index in [0.29, 0.717) is 10.2 Å².